The summed E-state index contributed by atoms with van der Waals surface area (Å²) >= 11 is 2.94. The molecule has 1 amide bonds. The number of nitrogens with two attached hydrogens (primary N) is 1. The first-order chi connectivity index (χ1) is 12.3. The summed E-state index contributed by atoms with van der Waals surface area (Å²) in [5, 5.41) is 0.997. The maximum Gasteiger partial charge on any atom is 0.263 e. The molecule has 26 heavy (non-hydrogen) atoms. The van der Waals surface area contributed by atoms with E-state index >= 15 is 0 Å². The molecule has 0 fully saturated rings. The minimum atomic E-state index is -0.417. The van der Waals surface area contributed by atoms with Crippen LogP contribution in [0.5, 0.6) is 0 Å². The third kappa shape index (κ3) is 3.83. The van der Waals surface area contributed by atoms with Gasteiger partial charge in [-0.1, -0.05) is 32.5 Å². The van der Waals surface area contributed by atoms with Gasteiger partial charge in [-0.3, -0.25) is 14.2 Å². The first-order valence-corrected chi connectivity index (χ1v) is 11.0. The predicted octanol–water partition coefficient (Wildman–Crippen LogP) is 3.59. The molecule has 2 aromatic heterocycles. The summed E-state index contributed by atoms with van der Waals surface area (Å²) in [7, 11) is 0. The lowest BCUT2D eigenvalue weighted by molar-refractivity contribution is -0.117. The Kier molecular flexibility index (Phi) is 5.77. The van der Waals surface area contributed by atoms with E-state index in [1.165, 1.54) is 22.2 Å². The molecule has 1 aliphatic carbocycles. The van der Waals surface area contributed by atoms with Crippen LogP contribution in [0, 0.1) is 11.8 Å². The number of amides is 1. The van der Waals surface area contributed by atoms with Crippen molar-refractivity contribution < 1.29 is 4.79 Å². The first-order valence-electron chi connectivity index (χ1n) is 9.29. The van der Waals surface area contributed by atoms with Crippen LogP contribution >= 0.6 is 23.1 Å². The van der Waals surface area contributed by atoms with E-state index < -0.39 is 5.25 Å². The van der Waals surface area contributed by atoms with E-state index in [1.807, 2.05) is 0 Å². The van der Waals surface area contributed by atoms with Crippen LogP contribution in [0.3, 0.4) is 0 Å². The Morgan fingerprint density at radius 3 is 2.81 bits per heavy atom. The lowest BCUT2D eigenvalue weighted by Gasteiger charge is -2.18. The number of hydrogen-bond donors (Lipinski definition) is 1. The van der Waals surface area contributed by atoms with E-state index in [0.717, 1.165) is 35.9 Å². The highest BCUT2D eigenvalue weighted by Crippen LogP contribution is 2.37. The van der Waals surface area contributed by atoms with Gasteiger partial charge in [-0.2, -0.15) is 0 Å². The topological polar surface area (TPSA) is 78.0 Å². The Morgan fingerprint density at radius 1 is 1.42 bits per heavy atom. The normalized spacial score (nSPS) is 18.3. The van der Waals surface area contributed by atoms with E-state index in [9.17, 15) is 9.59 Å². The van der Waals surface area contributed by atoms with Crippen molar-refractivity contribution in [3.05, 3.63) is 20.8 Å². The maximum atomic E-state index is 13.3. The van der Waals surface area contributed by atoms with Crippen molar-refractivity contribution in [2.24, 2.45) is 17.6 Å². The van der Waals surface area contributed by atoms with Gasteiger partial charge in [-0.15, -0.1) is 11.3 Å². The molecule has 0 saturated carbocycles. The number of rotatable bonds is 6. The van der Waals surface area contributed by atoms with Gasteiger partial charge >= 0.3 is 0 Å². The lowest BCUT2D eigenvalue weighted by atomic mass is 9.89. The molecule has 0 saturated heterocycles. The molecule has 0 aromatic carbocycles. The molecule has 3 rings (SSSR count). The SMILES string of the molecule is CC(C)CCn1c(S[C@H](C)C(N)=O)nc2sc3c(c2c1=O)CC[C@@H](C)C3. The highest BCUT2D eigenvalue weighted by molar-refractivity contribution is 8.00. The Balaban J connectivity index is 2.13. The van der Waals surface area contributed by atoms with Crippen LogP contribution in [0.1, 0.15) is 51.0 Å². The molecule has 2 atom stereocenters. The summed E-state index contributed by atoms with van der Waals surface area (Å²) in [4.78, 5) is 31.8. The van der Waals surface area contributed by atoms with E-state index in [0.29, 0.717) is 23.5 Å². The van der Waals surface area contributed by atoms with Crippen molar-refractivity contribution in [1.29, 1.82) is 0 Å². The van der Waals surface area contributed by atoms with Gasteiger partial charge < -0.3 is 5.73 Å². The van der Waals surface area contributed by atoms with Gasteiger partial charge in [0.25, 0.3) is 5.56 Å². The molecule has 2 aromatic rings. The van der Waals surface area contributed by atoms with Gasteiger partial charge in [-0.25, -0.2) is 4.98 Å². The first kappa shape index (κ1) is 19.4. The predicted molar refractivity (Wildman–Crippen MR) is 109 cm³/mol. The average molecular weight is 394 g/mol. The van der Waals surface area contributed by atoms with E-state index in [1.54, 1.807) is 22.8 Å². The quantitative estimate of drug-likeness (QED) is 0.601. The summed E-state index contributed by atoms with van der Waals surface area (Å²) < 4.78 is 1.76. The van der Waals surface area contributed by atoms with Crippen molar-refractivity contribution in [1.82, 2.24) is 9.55 Å². The number of thiophene rings is 1. The summed E-state index contributed by atoms with van der Waals surface area (Å²) in [6.07, 6.45) is 4.01. The number of carbonyl (C=O) groups excluding carboxylic acids is 1. The van der Waals surface area contributed by atoms with E-state index in [2.05, 4.69) is 20.8 Å². The van der Waals surface area contributed by atoms with Crippen molar-refractivity contribution in [2.45, 2.75) is 70.3 Å². The van der Waals surface area contributed by atoms with Crippen LogP contribution in [0.25, 0.3) is 10.2 Å². The molecule has 0 aliphatic heterocycles. The minimum absolute atomic E-state index is 0.0434. The second-order valence-corrected chi connectivity index (χ2v) is 10.1. The van der Waals surface area contributed by atoms with Gasteiger partial charge in [0.15, 0.2) is 5.16 Å². The van der Waals surface area contributed by atoms with Gasteiger partial charge in [0.2, 0.25) is 5.91 Å². The third-order valence-electron chi connectivity index (χ3n) is 4.99. The van der Waals surface area contributed by atoms with Crippen LogP contribution in [0.2, 0.25) is 0 Å². The number of aryl methyl sites for hydroxylation is 1. The molecule has 0 radical (unpaired) electrons. The monoisotopic (exact) mass is 393 g/mol. The Morgan fingerprint density at radius 2 is 2.15 bits per heavy atom. The number of nitrogens with zero attached hydrogens (tertiary/aromatic N) is 2. The highest BCUT2D eigenvalue weighted by atomic mass is 32.2. The Bertz CT molecular complexity index is 885. The molecule has 5 nitrogen and oxygen atoms in total. The molecule has 142 valence electrons. The standard InChI is InChI=1S/C19H27N3O2S2/c1-10(2)7-8-22-18(24)15-13-6-5-11(3)9-14(13)26-17(15)21-19(22)25-12(4)16(20)23/h10-12H,5-9H2,1-4H3,(H2,20,23)/t11-,12-/m1/s1. The second kappa shape index (κ2) is 7.72. The van der Waals surface area contributed by atoms with Gasteiger partial charge in [0.05, 0.1) is 10.6 Å². The summed E-state index contributed by atoms with van der Waals surface area (Å²) in [5.74, 6) is 0.753. The third-order valence-corrected chi connectivity index (χ3v) is 7.25. The minimum Gasteiger partial charge on any atom is -0.369 e. The molecule has 2 N–H and O–H groups in total. The largest absolute Gasteiger partial charge is 0.369 e. The zero-order valence-corrected chi connectivity index (χ0v) is 17.5. The maximum absolute atomic E-state index is 13.3. The number of aromatic nitrogens is 2. The second-order valence-electron chi connectivity index (χ2n) is 7.73. The fraction of sp³-hybridized carbons (Fsp3) is 0.632. The summed E-state index contributed by atoms with van der Waals surface area (Å²) in [6.45, 7) is 8.93. The smallest absolute Gasteiger partial charge is 0.263 e. The average Bonchev–Trinajstić information content (AvgIpc) is 2.91. The Labute approximate surface area is 162 Å². The van der Waals surface area contributed by atoms with E-state index in [4.69, 9.17) is 10.7 Å². The molecule has 0 bridgehead atoms. The zero-order chi connectivity index (χ0) is 19.0. The molecular weight excluding hydrogens is 366 g/mol. The van der Waals surface area contributed by atoms with Crippen molar-refractivity contribution >= 4 is 39.2 Å². The highest BCUT2D eigenvalue weighted by Gasteiger charge is 2.25. The number of carbonyl (C=O) groups is 1. The van der Waals surface area contributed by atoms with Crippen LogP contribution in [0.15, 0.2) is 9.95 Å². The number of primary amides is 1. The van der Waals surface area contributed by atoms with Crippen molar-refractivity contribution in [3.63, 3.8) is 0 Å². The van der Waals surface area contributed by atoms with Gasteiger partial charge in [-0.05, 0) is 50.0 Å². The molecule has 0 unspecified atom stereocenters. The summed E-state index contributed by atoms with van der Waals surface area (Å²) in [5.41, 5.74) is 6.68. The van der Waals surface area contributed by atoms with Gasteiger partial charge in [0.1, 0.15) is 4.83 Å². The fourth-order valence-corrected chi connectivity index (χ4v) is 5.60. The fourth-order valence-electron chi connectivity index (χ4n) is 3.30. The molecule has 0 spiro atoms. The lowest BCUT2D eigenvalue weighted by Crippen LogP contribution is -2.28. The molecule has 7 heteroatoms. The number of fused-ring (bicyclic) bond motifs is 3. The Hall–Kier alpha value is -1.34. The van der Waals surface area contributed by atoms with Crippen LogP contribution in [0.4, 0.5) is 0 Å². The number of hydrogen-bond acceptors (Lipinski definition) is 5. The summed E-state index contributed by atoms with van der Waals surface area (Å²) in [6, 6.07) is 0. The number of thioether (sulfide) groups is 1. The van der Waals surface area contributed by atoms with Crippen LogP contribution < -0.4 is 11.3 Å². The van der Waals surface area contributed by atoms with Crippen molar-refractivity contribution in [3.8, 4) is 0 Å². The zero-order valence-electron chi connectivity index (χ0n) is 15.9. The van der Waals surface area contributed by atoms with Gasteiger partial charge in [0, 0.05) is 11.4 Å². The molecule has 1 aliphatic rings. The molecule has 2 heterocycles. The van der Waals surface area contributed by atoms with Crippen LogP contribution in [-0.4, -0.2) is 20.7 Å². The van der Waals surface area contributed by atoms with Crippen LogP contribution in [-0.2, 0) is 24.2 Å². The van der Waals surface area contributed by atoms with Crippen molar-refractivity contribution in [2.75, 3.05) is 0 Å². The molecular formula is C19H27N3O2S2. The van der Waals surface area contributed by atoms with E-state index in [-0.39, 0.29) is 11.5 Å².